The Morgan fingerprint density at radius 3 is 2.84 bits per heavy atom. The highest BCUT2D eigenvalue weighted by molar-refractivity contribution is 7.18. The van der Waals surface area contributed by atoms with Crippen molar-refractivity contribution >= 4 is 32.9 Å². The number of rotatable bonds is 2. The number of thiophene rings is 2. The summed E-state index contributed by atoms with van der Waals surface area (Å²) in [6, 6.07) is 11.5. The zero-order chi connectivity index (χ0) is 16.8. The molecule has 0 unspecified atom stereocenters. The highest BCUT2D eigenvalue weighted by Gasteiger charge is 2.25. The van der Waals surface area contributed by atoms with E-state index >= 15 is 0 Å². The van der Waals surface area contributed by atoms with Gasteiger partial charge in [-0.15, -0.1) is 22.7 Å². The van der Waals surface area contributed by atoms with Crippen molar-refractivity contribution in [1.82, 2.24) is 9.97 Å². The number of nitrogens with one attached hydrogen (secondary N) is 1. The maximum atomic E-state index is 12.7. The van der Waals surface area contributed by atoms with Crippen LogP contribution >= 0.6 is 22.7 Å². The van der Waals surface area contributed by atoms with Crippen LogP contribution in [0.25, 0.3) is 20.7 Å². The fourth-order valence-corrected chi connectivity index (χ4v) is 4.65. The predicted molar refractivity (Wildman–Crippen MR) is 98.9 cm³/mol. The van der Waals surface area contributed by atoms with Gasteiger partial charge >= 0.3 is 0 Å². The van der Waals surface area contributed by atoms with Crippen molar-refractivity contribution in [3.8, 4) is 21.9 Å². The van der Waals surface area contributed by atoms with Crippen molar-refractivity contribution < 1.29 is 9.47 Å². The molecule has 0 amide bonds. The van der Waals surface area contributed by atoms with Gasteiger partial charge in [0.25, 0.3) is 5.56 Å². The SMILES string of the molecule is O=c1[nH]c([C@H]2COc3ccccc3O2)nc2scc(-c3cccs3)c12. The van der Waals surface area contributed by atoms with Gasteiger partial charge in [-0.25, -0.2) is 4.98 Å². The molecule has 0 spiro atoms. The lowest BCUT2D eigenvalue weighted by molar-refractivity contribution is 0.0852. The Kier molecular flexibility index (Phi) is 3.36. The predicted octanol–water partition coefficient (Wildman–Crippen LogP) is 4.23. The molecule has 0 bridgehead atoms. The molecule has 0 radical (unpaired) electrons. The normalized spacial score (nSPS) is 16.2. The van der Waals surface area contributed by atoms with E-state index in [-0.39, 0.29) is 5.56 Å². The number of aromatic nitrogens is 2. The van der Waals surface area contributed by atoms with Crippen molar-refractivity contribution in [2.75, 3.05) is 6.61 Å². The average molecular weight is 368 g/mol. The number of fused-ring (bicyclic) bond motifs is 2. The smallest absolute Gasteiger partial charge is 0.260 e. The summed E-state index contributed by atoms with van der Waals surface area (Å²) in [4.78, 5) is 22.0. The summed E-state index contributed by atoms with van der Waals surface area (Å²) in [5.41, 5.74) is 0.786. The van der Waals surface area contributed by atoms with E-state index in [1.165, 1.54) is 11.3 Å². The Morgan fingerprint density at radius 1 is 1.12 bits per heavy atom. The second-order valence-electron chi connectivity index (χ2n) is 5.62. The van der Waals surface area contributed by atoms with Crippen LogP contribution < -0.4 is 15.0 Å². The number of hydrogen-bond acceptors (Lipinski definition) is 6. The van der Waals surface area contributed by atoms with Crippen molar-refractivity contribution in [1.29, 1.82) is 0 Å². The highest BCUT2D eigenvalue weighted by atomic mass is 32.1. The summed E-state index contributed by atoms with van der Waals surface area (Å²) in [6.45, 7) is 0.314. The summed E-state index contributed by atoms with van der Waals surface area (Å²) >= 11 is 3.08. The Labute approximate surface area is 150 Å². The minimum Gasteiger partial charge on any atom is -0.485 e. The van der Waals surface area contributed by atoms with Gasteiger partial charge in [0, 0.05) is 15.8 Å². The van der Waals surface area contributed by atoms with Gasteiger partial charge in [0.15, 0.2) is 23.4 Å². The van der Waals surface area contributed by atoms with E-state index in [2.05, 4.69) is 9.97 Å². The molecule has 5 rings (SSSR count). The lowest BCUT2D eigenvalue weighted by atomic mass is 10.2. The van der Waals surface area contributed by atoms with Gasteiger partial charge in [0.1, 0.15) is 11.4 Å². The second kappa shape index (κ2) is 5.72. The number of aromatic amines is 1. The van der Waals surface area contributed by atoms with E-state index in [0.717, 1.165) is 10.4 Å². The summed E-state index contributed by atoms with van der Waals surface area (Å²) in [5.74, 6) is 1.86. The lowest BCUT2D eigenvalue weighted by Gasteiger charge is -2.25. The van der Waals surface area contributed by atoms with E-state index in [1.807, 2.05) is 47.2 Å². The Balaban J connectivity index is 1.57. The molecular weight excluding hydrogens is 356 g/mol. The van der Waals surface area contributed by atoms with Gasteiger partial charge in [0.05, 0.1) is 5.39 Å². The van der Waals surface area contributed by atoms with Gasteiger partial charge in [-0.3, -0.25) is 4.79 Å². The van der Waals surface area contributed by atoms with E-state index in [4.69, 9.17) is 9.47 Å². The Hall–Kier alpha value is -2.64. The standard InChI is InChI=1S/C18H12N2O3S2/c21-17-15-10(14-6-3-7-24-14)9-25-18(15)20-16(19-17)13-8-22-11-4-1-2-5-12(11)23-13/h1-7,9,13H,8H2,(H,19,20,21)/t13-/m1/s1. The molecule has 4 heterocycles. The second-order valence-corrected chi connectivity index (χ2v) is 7.43. The van der Waals surface area contributed by atoms with Crippen molar-refractivity contribution in [2.45, 2.75) is 6.10 Å². The topological polar surface area (TPSA) is 64.2 Å². The molecule has 4 aromatic rings. The van der Waals surface area contributed by atoms with Gasteiger partial charge in [0.2, 0.25) is 0 Å². The number of nitrogens with zero attached hydrogens (tertiary/aromatic N) is 1. The first-order chi connectivity index (χ1) is 12.3. The minimum atomic E-state index is -0.431. The van der Waals surface area contributed by atoms with Crippen LogP contribution in [0.1, 0.15) is 11.9 Å². The Morgan fingerprint density at radius 2 is 2.00 bits per heavy atom. The number of ether oxygens (including phenoxy) is 2. The van der Waals surface area contributed by atoms with E-state index in [1.54, 1.807) is 11.3 Å². The molecule has 0 aliphatic carbocycles. The molecule has 1 atom stereocenters. The van der Waals surface area contributed by atoms with Gasteiger partial charge in [-0.1, -0.05) is 18.2 Å². The first kappa shape index (κ1) is 14.7. The fraction of sp³-hybridized carbons (Fsp3) is 0.111. The van der Waals surface area contributed by atoms with Crippen molar-refractivity contribution in [2.24, 2.45) is 0 Å². The van der Waals surface area contributed by atoms with Crippen molar-refractivity contribution in [3.05, 3.63) is 63.3 Å². The zero-order valence-corrected chi connectivity index (χ0v) is 14.5. The molecule has 3 aromatic heterocycles. The summed E-state index contributed by atoms with van der Waals surface area (Å²) < 4.78 is 11.7. The quantitative estimate of drug-likeness (QED) is 0.575. The van der Waals surface area contributed by atoms with Crippen LogP contribution in [0.5, 0.6) is 11.5 Å². The molecule has 124 valence electrons. The third kappa shape index (κ3) is 2.43. The number of para-hydroxylation sites is 2. The van der Waals surface area contributed by atoms with E-state index in [0.29, 0.717) is 34.1 Å². The van der Waals surface area contributed by atoms with Crippen LogP contribution in [0.15, 0.2) is 52.0 Å². The summed E-state index contributed by atoms with van der Waals surface area (Å²) in [5, 5.41) is 4.61. The highest BCUT2D eigenvalue weighted by Crippen LogP contribution is 2.36. The molecule has 0 saturated heterocycles. The molecule has 1 aromatic carbocycles. The fourth-order valence-electron chi connectivity index (χ4n) is 2.89. The molecule has 25 heavy (non-hydrogen) atoms. The molecule has 1 aliphatic heterocycles. The van der Waals surface area contributed by atoms with Crippen LogP contribution in [-0.4, -0.2) is 16.6 Å². The molecule has 1 N–H and O–H groups in total. The molecule has 0 saturated carbocycles. The largest absolute Gasteiger partial charge is 0.485 e. The lowest BCUT2D eigenvalue weighted by Crippen LogP contribution is -2.25. The maximum absolute atomic E-state index is 12.7. The molecular formula is C18H12N2O3S2. The van der Waals surface area contributed by atoms with E-state index in [9.17, 15) is 4.79 Å². The van der Waals surface area contributed by atoms with Crippen LogP contribution in [0.3, 0.4) is 0 Å². The van der Waals surface area contributed by atoms with Gasteiger partial charge in [-0.05, 0) is 23.6 Å². The van der Waals surface area contributed by atoms with Crippen LogP contribution in [-0.2, 0) is 0 Å². The number of H-pyrrole nitrogens is 1. The van der Waals surface area contributed by atoms with Crippen molar-refractivity contribution in [3.63, 3.8) is 0 Å². The molecule has 1 aliphatic rings. The van der Waals surface area contributed by atoms with Crippen LogP contribution in [0, 0.1) is 0 Å². The first-order valence-electron chi connectivity index (χ1n) is 7.73. The average Bonchev–Trinajstić information content (AvgIpc) is 3.30. The van der Waals surface area contributed by atoms with Gasteiger partial charge in [-0.2, -0.15) is 0 Å². The monoisotopic (exact) mass is 368 g/mol. The first-order valence-corrected chi connectivity index (χ1v) is 9.49. The number of benzene rings is 1. The molecule has 0 fully saturated rings. The van der Waals surface area contributed by atoms with Gasteiger partial charge < -0.3 is 14.5 Å². The molecule has 7 heteroatoms. The van der Waals surface area contributed by atoms with Crippen LogP contribution in [0.2, 0.25) is 0 Å². The maximum Gasteiger partial charge on any atom is 0.260 e. The van der Waals surface area contributed by atoms with Crippen LogP contribution in [0.4, 0.5) is 0 Å². The summed E-state index contributed by atoms with van der Waals surface area (Å²) in [7, 11) is 0. The minimum absolute atomic E-state index is 0.146. The van der Waals surface area contributed by atoms with E-state index < -0.39 is 6.10 Å². The number of hydrogen-bond donors (Lipinski definition) is 1. The third-order valence-corrected chi connectivity index (χ3v) is 5.84. The Bertz CT molecular complexity index is 1120. The molecule has 5 nitrogen and oxygen atoms in total. The summed E-state index contributed by atoms with van der Waals surface area (Å²) in [6.07, 6.45) is -0.431. The zero-order valence-electron chi connectivity index (χ0n) is 12.9. The third-order valence-electron chi connectivity index (χ3n) is 4.06.